The lowest BCUT2D eigenvalue weighted by Gasteiger charge is -2.08. The van der Waals surface area contributed by atoms with Crippen molar-refractivity contribution in [3.05, 3.63) is 84.1 Å². The van der Waals surface area contributed by atoms with E-state index in [4.69, 9.17) is 0 Å². The number of hydrogen-bond acceptors (Lipinski definition) is 3. The van der Waals surface area contributed by atoms with Crippen molar-refractivity contribution in [1.82, 2.24) is 4.98 Å². The molecule has 0 aliphatic heterocycles. The third-order valence-electron chi connectivity index (χ3n) is 4.88. The first-order valence-electron chi connectivity index (χ1n) is 9.74. The maximum atomic E-state index is 14.1. The number of amides is 1. The maximum Gasteiger partial charge on any atom is 0.272 e. The molecular weight excluding hydrogens is 436 g/mol. The highest BCUT2D eigenvalue weighted by molar-refractivity contribution is 7.92. The molecule has 4 rings (SSSR count). The molecule has 6 nitrogen and oxygen atoms in total. The number of hydrogen-bond donors (Lipinski definition) is 3. The van der Waals surface area contributed by atoms with Crippen LogP contribution in [0.4, 0.5) is 20.2 Å². The molecule has 0 saturated carbocycles. The second-order valence-electron chi connectivity index (χ2n) is 7.15. The Balaban J connectivity index is 1.56. The fourth-order valence-electron chi connectivity index (χ4n) is 3.25. The van der Waals surface area contributed by atoms with E-state index in [1.807, 2.05) is 0 Å². The van der Waals surface area contributed by atoms with Crippen molar-refractivity contribution in [1.29, 1.82) is 0 Å². The molecule has 0 saturated heterocycles. The molecule has 164 valence electrons. The highest BCUT2D eigenvalue weighted by Gasteiger charge is 2.13. The zero-order chi connectivity index (χ0) is 22.9. The molecule has 1 heterocycles. The topological polar surface area (TPSA) is 91.1 Å². The van der Waals surface area contributed by atoms with Gasteiger partial charge in [0.05, 0.1) is 11.4 Å². The van der Waals surface area contributed by atoms with Crippen molar-refractivity contribution in [2.45, 2.75) is 6.92 Å². The summed E-state index contributed by atoms with van der Waals surface area (Å²) in [5.74, 6) is -1.84. The molecule has 0 atom stereocenters. The zero-order valence-electron chi connectivity index (χ0n) is 16.9. The number of benzene rings is 3. The predicted octanol–water partition coefficient (Wildman–Crippen LogP) is 5.13. The smallest absolute Gasteiger partial charge is 0.272 e. The molecule has 0 spiro atoms. The number of aromatic amines is 1. The van der Waals surface area contributed by atoms with E-state index < -0.39 is 27.6 Å². The van der Waals surface area contributed by atoms with Crippen LogP contribution in [0.2, 0.25) is 0 Å². The average molecular weight is 455 g/mol. The first kappa shape index (κ1) is 21.5. The van der Waals surface area contributed by atoms with Crippen LogP contribution in [0.5, 0.6) is 0 Å². The van der Waals surface area contributed by atoms with Gasteiger partial charge < -0.3 is 10.3 Å². The Kier molecular flexibility index (Phi) is 5.67. The number of sulfonamides is 1. The Morgan fingerprint density at radius 2 is 1.78 bits per heavy atom. The van der Waals surface area contributed by atoms with Gasteiger partial charge in [-0.3, -0.25) is 9.52 Å². The van der Waals surface area contributed by atoms with E-state index in [1.54, 1.807) is 48.5 Å². The van der Waals surface area contributed by atoms with E-state index in [-0.39, 0.29) is 17.0 Å². The van der Waals surface area contributed by atoms with Gasteiger partial charge in [-0.25, -0.2) is 17.2 Å². The van der Waals surface area contributed by atoms with Gasteiger partial charge in [0, 0.05) is 28.2 Å². The first-order valence-corrected chi connectivity index (χ1v) is 11.4. The first-order chi connectivity index (χ1) is 15.2. The highest BCUT2D eigenvalue weighted by atomic mass is 32.2. The van der Waals surface area contributed by atoms with Crippen molar-refractivity contribution in [3.8, 4) is 11.1 Å². The summed E-state index contributed by atoms with van der Waals surface area (Å²) in [6, 6.07) is 16.5. The second-order valence-corrected chi connectivity index (χ2v) is 9.16. The van der Waals surface area contributed by atoms with Crippen LogP contribution in [0.1, 0.15) is 17.4 Å². The molecule has 0 fully saturated rings. The van der Waals surface area contributed by atoms with Crippen LogP contribution in [-0.2, 0) is 10.0 Å². The van der Waals surface area contributed by atoms with Gasteiger partial charge in [-0.05, 0) is 55.0 Å². The highest BCUT2D eigenvalue weighted by Crippen LogP contribution is 2.27. The molecule has 0 bridgehead atoms. The Morgan fingerprint density at radius 1 is 0.969 bits per heavy atom. The largest absolute Gasteiger partial charge is 0.350 e. The fraction of sp³-hybridized carbons (Fsp3) is 0.0870. The van der Waals surface area contributed by atoms with E-state index in [0.717, 1.165) is 11.5 Å². The molecule has 0 unspecified atom stereocenters. The van der Waals surface area contributed by atoms with E-state index in [9.17, 15) is 22.0 Å². The lowest BCUT2D eigenvalue weighted by molar-refractivity contribution is 0.102. The maximum absolute atomic E-state index is 14.1. The van der Waals surface area contributed by atoms with Crippen molar-refractivity contribution >= 4 is 38.2 Å². The monoisotopic (exact) mass is 455 g/mol. The minimum atomic E-state index is -3.41. The van der Waals surface area contributed by atoms with Crippen molar-refractivity contribution in [3.63, 3.8) is 0 Å². The molecule has 9 heteroatoms. The summed E-state index contributed by atoms with van der Waals surface area (Å²) in [4.78, 5) is 15.7. The number of carbonyl (C=O) groups excluding carboxylic acids is 1. The van der Waals surface area contributed by atoms with Gasteiger partial charge in [-0.2, -0.15) is 0 Å². The summed E-state index contributed by atoms with van der Waals surface area (Å²) >= 11 is 0. The number of halogens is 2. The molecule has 1 aromatic heterocycles. The van der Waals surface area contributed by atoms with Gasteiger partial charge in [-0.1, -0.05) is 18.2 Å². The molecule has 4 aromatic rings. The molecule has 1 amide bonds. The van der Waals surface area contributed by atoms with Crippen LogP contribution < -0.4 is 10.0 Å². The average Bonchev–Trinajstić information content (AvgIpc) is 3.17. The van der Waals surface area contributed by atoms with E-state index in [2.05, 4.69) is 15.0 Å². The van der Waals surface area contributed by atoms with E-state index in [0.29, 0.717) is 22.5 Å². The van der Waals surface area contributed by atoms with Crippen molar-refractivity contribution in [2.75, 3.05) is 15.8 Å². The normalized spacial score (nSPS) is 11.5. The van der Waals surface area contributed by atoms with Crippen LogP contribution in [0.15, 0.2) is 66.7 Å². The quantitative estimate of drug-likeness (QED) is 0.377. The van der Waals surface area contributed by atoms with Crippen molar-refractivity contribution in [2.24, 2.45) is 0 Å². The van der Waals surface area contributed by atoms with E-state index in [1.165, 1.54) is 19.1 Å². The van der Waals surface area contributed by atoms with E-state index >= 15 is 0 Å². The Bertz CT molecular complexity index is 1430. The van der Waals surface area contributed by atoms with Crippen LogP contribution >= 0.6 is 0 Å². The summed E-state index contributed by atoms with van der Waals surface area (Å²) in [5.41, 5.74) is 2.40. The SMILES string of the molecule is CCS(=O)(=O)Nc1ccc2cc(C(=O)Nc3cccc(-c4ccc(F)cc4F)c3)[nH]c2c1. The standard InChI is InChI=1S/C23H19F2N3O3S/c1-2-32(30,31)28-18-8-6-15-11-22(27-21(15)13-18)23(29)26-17-5-3-4-14(10-17)19-9-7-16(24)12-20(19)25/h3-13,27-28H,2H2,1H3,(H,26,29). The fourth-order valence-corrected chi connectivity index (χ4v) is 3.88. The van der Waals surface area contributed by atoms with Gasteiger partial charge in [0.1, 0.15) is 17.3 Å². The number of aromatic nitrogens is 1. The molecule has 3 aromatic carbocycles. The van der Waals surface area contributed by atoms with Crippen LogP contribution in [-0.4, -0.2) is 25.1 Å². The summed E-state index contributed by atoms with van der Waals surface area (Å²) in [6.45, 7) is 1.54. The lowest BCUT2D eigenvalue weighted by atomic mass is 10.0. The number of rotatable bonds is 6. The van der Waals surface area contributed by atoms with Gasteiger partial charge >= 0.3 is 0 Å². The number of anilines is 2. The Labute approximate surface area is 183 Å². The summed E-state index contributed by atoms with van der Waals surface area (Å²) < 4.78 is 53.3. The summed E-state index contributed by atoms with van der Waals surface area (Å²) in [7, 11) is -3.41. The van der Waals surface area contributed by atoms with Gasteiger partial charge in [0.15, 0.2) is 0 Å². The number of fused-ring (bicyclic) bond motifs is 1. The van der Waals surface area contributed by atoms with Gasteiger partial charge in [0.2, 0.25) is 10.0 Å². The van der Waals surface area contributed by atoms with Crippen LogP contribution in [0, 0.1) is 11.6 Å². The number of H-pyrrole nitrogens is 1. The molecule has 0 radical (unpaired) electrons. The summed E-state index contributed by atoms with van der Waals surface area (Å²) in [5, 5.41) is 3.48. The lowest BCUT2D eigenvalue weighted by Crippen LogP contribution is -2.14. The number of nitrogens with one attached hydrogen (secondary N) is 3. The summed E-state index contributed by atoms with van der Waals surface area (Å²) in [6.07, 6.45) is 0. The van der Waals surface area contributed by atoms with Crippen LogP contribution in [0.3, 0.4) is 0 Å². The van der Waals surface area contributed by atoms with Crippen molar-refractivity contribution < 1.29 is 22.0 Å². The molecule has 32 heavy (non-hydrogen) atoms. The zero-order valence-corrected chi connectivity index (χ0v) is 17.8. The van der Waals surface area contributed by atoms with Crippen LogP contribution in [0.25, 0.3) is 22.0 Å². The third-order valence-corrected chi connectivity index (χ3v) is 6.19. The predicted molar refractivity (Wildman–Crippen MR) is 121 cm³/mol. The Hall–Kier alpha value is -3.72. The molecule has 0 aliphatic rings. The minimum Gasteiger partial charge on any atom is -0.350 e. The number of carbonyl (C=O) groups is 1. The molecule has 3 N–H and O–H groups in total. The third kappa shape index (κ3) is 4.62. The second kappa shape index (κ2) is 8.43. The Morgan fingerprint density at radius 3 is 2.53 bits per heavy atom. The minimum absolute atomic E-state index is 0.0513. The molecule has 0 aliphatic carbocycles. The molecular formula is C23H19F2N3O3S. The van der Waals surface area contributed by atoms with Gasteiger partial charge in [0.25, 0.3) is 5.91 Å². The van der Waals surface area contributed by atoms with Gasteiger partial charge in [-0.15, -0.1) is 0 Å².